The Bertz CT molecular complexity index is 1400. The topological polar surface area (TPSA) is 95.7 Å². The van der Waals surface area contributed by atoms with Gasteiger partial charge in [-0.25, -0.2) is 24.7 Å². The van der Waals surface area contributed by atoms with E-state index in [1.807, 2.05) is 45.9 Å². The number of aryl methyl sites for hydroxylation is 1. The van der Waals surface area contributed by atoms with E-state index in [0.717, 1.165) is 10.9 Å². The number of halogens is 1. The second kappa shape index (κ2) is 8.36. The van der Waals surface area contributed by atoms with Gasteiger partial charge in [0.25, 0.3) is 0 Å². The molecule has 0 spiro atoms. The van der Waals surface area contributed by atoms with E-state index < -0.39 is 11.7 Å². The van der Waals surface area contributed by atoms with Gasteiger partial charge in [0.15, 0.2) is 5.82 Å². The van der Waals surface area contributed by atoms with Gasteiger partial charge in [-0.3, -0.25) is 0 Å². The van der Waals surface area contributed by atoms with Crippen LogP contribution in [0, 0.1) is 18.8 Å². The molecule has 0 fully saturated rings. The van der Waals surface area contributed by atoms with Crippen molar-refractivity contribution in [3.63, 3.8) is 0 Å². The number of aromatic nitrogens is 6. The van der Waals surface area contributed by atoms with Crippen LogP contribution in [0.2, 0.25) is 5.28 Å². The van der Waals surface area contributed by atoms with Gasteiger partial charge in [0, 0.05) is 23.3 Å². The number of benzene rings is 1. The number of carbonyl (C=O) groups excluding carboxylic acids is 1. The molecule has 0 atom stereocenters. The summed E-state index contributed by atoms with van der Waals surface area (Å²) in [4.78, 5) is 29.2. The minimum absolute atomic E-state index is 0.117. The van der Waals surface area contributed by atoms with E-state index in [1.54, 1.807) is 18.3 Å². The van der Waals surface area contributed by atoms with Crippen LogP contribution in [0.1, 0.15) is 37.7 Å². The summed E-state index contributed by atoms with van der Waals surface area (Å²) in [6, 6.07) is 8.88. The van der Waals surface area contributed by atoms with Crippen molar-refractivity contribution in [1.82, 2.24) is 29.7 Å². The molecular formula is C23H19ClN6O2. The Labute approximate surface area is 189 Å². The second-order valence-corrected chi connectivity index (χ2v) is 8.24. The molecule has 3 heterocycles. The normalized spacial score (nSPS) is 11.2. The van der Waals surface area contributed by atoms with Crippen molar-refractivity contribution in [1.29, 1.82) is 0 Å². The van der Waals surface area contributed by atoms with Gasteiger partial charge < -0.3 is 4.74 Å². The van der Waals surface area contributed by atoms with Gasteiger partial charge in [0.2, 0.25) is 5.28 Å². The zero-order valence-electron chi connectivity index (χ0n) is 17.9. The number of nitrogens with zero attached hydrogens (tertiary/aromatic N) is 6. The maximum absolute atomic E-state index is 12.6. The Morgan fingerprint density at radius 3 is 2.59 bits per heavy atom. The molecule has 32 heavy (non-hydrogen) atoms. The predicted molar refractivity (Wildman–Crippen MR) is 120 cm³/mol. The first-order valence-electron chi connectivity index (χ1n) is 9.77. The molecule has 1 aromatic carbocycles. The molecule has 0 saturated heterocycles. The first-order chi connectivity index (χ1) is 15.2. The largest absolute Gasteiger partial charge is 0.442 e. The molecule has 8 nitrogen and oxygen atoms in total. The smallest absolute Gasteiger partial charge is 0.435 e. The predicted octanol–water partition coefficient (Wildman–Crippen LogP) is 4.43. The number of rotatable bonds is 1. The molecule has 3 aromatic heterocycles. The lowest BCUT2D eigenvalue weighted by Gasteiger charge is -2.19. The summed E-state index contributed by atoms with van der Waals surface area (Å²) >= 11 is 5.86. The third-order valence-electron chi connectivity index (χ3n) is 4.28. The van der Waals surface area contributed by atoms with Crippen molar-refractivity contribution in [2.24, 2.45) is 0 Å². The van der Waals surface area contributed by atoms with E-state index in [2.05, 4.69) is 36.9 Å². The number of carbonyl (C=O) groups is 1. The molecule has 4 aromatic rings. The van der Waals surface area contributed by atoms with Crippen LogP contribution in [0.15, 0.2) is 42.7 Å². The third-order valence-corrected chi connectivity index (χ3v) is 4.47. The SMILES string of the molecule is Cc1nn(C(=O)OC(C)(C)C)c2cccc(C#Cc3ccnc(-c4ccnc(Cl)n4)n3)c12. The lowest BCUT2D eigenvalue weighted by molar-refractivity contribution is 0.0522. The van der Waals surface area contributed by atoms with E-state index in [-0.39, 0.29) is 5.28 Å². The molecule has 4 rings (SSSR count). The molecule has 0 N–H and O–H groups in total. The average molecular weight is 447 g/mol. The Morgan fingerprint density at radius 2 is 1.84 bits per heavy atom. The first-order valence-corrected chi connectivity index (χ1v) is 10.1. The van der Waals surface area contributed by atoms with Crippen LogP contribution in [0.3, 0.4) is 0 Å². The summed E-state index contributed by atoms with van der Waals surface area (Å²) in [5.41, 5.74) is 2.42. The fourth-order valence-electron chi connectivity index (χ4n) is 3.04. The standard InChI is InChI=1S/C23H19ClN6O2/c1-14-19-15(6-5-7-18(19)30(29-14)22(31)32-23(2,3)4)8-9-16-10-12-25-20(27-16)17-11-13-26-21(24)28-17/h5-7,10-13H,1-4H3. The molecule has 0 unspecified atom stereocenters. The summed E-state index contributed by atoms with van der Waals surface area (Å²) in [5, 5.41) is 5.27. The van der Waals surface area contributed by atoms with Crippen LogP contribution in [0.25, 0.3) is 22.4 Å². The van der Waals surface area contributed by atoms with Crippen LogP contribution in [0.5, 0.6) is 0 Å². The van der Waals surface area contributed by atoms with Crippen molar-refractivity contribution >= 4 is 28.6 Å². The fourth-order valence-corrected chi connectivity index (χ4v) is 3.19. The molecule has 0 amide bonds. The maximum atomic E-state index is 12.6. The number of hydrogen-bond donors (Lipinski definition) is 0. The van der Waals surface area contributed by atoms with Gasteiger partial charge in [-0.1, -0.05) is 12.0 Å². The molecule has 160 valence electrons. The van der Waals surface area contributed by atoms with Crippen LogP contribution >= 0.6 is 11.6 Å². The summed E-state index contributed by atoms with van der Waals surface area (Å²) in [6.45, 7) is 7.26. The van der Waals surface area contributed by atoms with Crippen molar-refractivity contribution in [2.75, 3.05) is 0 Å². The minimum Gasteiger partial charge on any atom is -0.442 e. The van der Waals surface area contributed by atoms with Crippen molar-refractivity contribution in [3.05, 3.63) is 65.0 Å². The van der Waals surface area contributed by atoms with Gasteiger partial charge in [-0.15, -0.1) is 0 Å². The minimum atomic E-state index is -0.626. The van der Waals surface area contributed by atoms with Gasteiger partial charge in [-0.2, -0.15) is 9.78 Å². The Hall–Kier alpha value is -3.83. The highest BCUT2D eigenvalue weighted by atomic mass is 35.5. The van der Waals surface area contributed by atoms with E-state index in [4.69, 9.17) is 16.3 Å². The molecule has 0 aliphatic rings. The zero-order chi connectivity index (χ0) is 22.9. The fraction of sp³-hybridized carbons (Fsp3) is 0.217. The third kappa shape index (κ3) is 4.58. The van der Waals surface area contributed by atoms with Gasteiger partial charge >= 0.3 is 6.09 Å². The Morgan fingerprint density at radius 1 is 1.06 bits per heavy atom. The number of fused-ring (bicyclic) bond motifs is 1. The van der Waals surface area contributed by atoms with Crippen molar-refractivity contribution in [2.45, 2.75) is 33.3 Å². The molecule has 0 radical (unpaired) electrons. The van der Waals surface area contributed by atoms with Crippen LogP contribution in [-0.4, -0.2) is 41.4 Å². The first kappa shape index (κ1) is 21.4. The highest BCUT2D eigenvalue weighted by molar-refractivity contribution is 6.28. The lowest BCUT2D eigenvalue weighted by atomic mass is 10.1. The highest BCUT2D eigenvalue weighted by Crippen LogP contribution is 2.23. The van der Waals surface area contributed by atoms with Gasteiger partial charge in [-0.05, 0) is 69.5 Å². The summed E-state index contributed by atoms with van der Waals surface area (Å²) in [5.74, 6) is 6.58. The van der Waals surface area contributed by atoms with Crippen molar-refractivity contribution < 1.29 is 9.53 Å². The van der Waals surface area contributed by atoms with Crippen LogP contribution in [0.4, 0.5) is 4.79 Å². The monoisotopic (exact) mass is 446 g/mol. The number of ether oxygens (including phenoxy) is 1. The van der Waals surface area contributed by atoms with Crippen LogP contribution in [-0.2, 0) is 4.74 Å². The summed E-state index contributed by atoms with van der Waals surface area (Å²) < 4.78 is 6.73. The van der Waals surface area contributed by atoms with Crippen LogP contribution < -0.4 is 0 Å². The Kier molecular flexibility index (Phi) is 5.59. The number of hydrogen-bond acceptors (Lipinski definition) is 7. The molecule has 9 heteroatoms. The lowest BCUT2D eigenvalue weighted by Crippen LogP contribution is -2.27. The van der Waals surface area contributed by atoms with Gasteiger partial charge in [0.1, 0.15) is 17.0 Å². The molecule has 0 aliphatic carbocycles. The molecule has 0 saturated carbocycles. The molecular weight excluding hydrogens is 428 g/mol. The van der Waals surface area contributed by atoms with Gasteiger partial charge in [0.05, 0.1) is 11.2 Å². The van der Waals surface area contributed by atoms with Crippen molar-refractivity contribution in [3.8, 4) is 23.4 Å². The molecule has 0 bridgehead atoms. The summed E-state index contributed by atoms with van der Waals surface area (Å²) in [6.07, 6.45) is 2.61. The quantitative estimate of drug-likeness (QED) is 0.315. The molecule has 0 aliphatic heterocycles. The van der Waals surface area contributed by atoms with E-state index in [0.29, 0.717) is 28.4 Å². The maximum Gasteiger partial charge on any atom is 0.435 e. The second-order valence-electron chi connectivity index (χ2n) is 7.90. The van der Waals surface area contributed by atoms with E-state index >= 15 is 0 Å². The highest BCUT2D eigenvalue weighted by Gasteiger charge is 2.22. The zero-order valence-corrected chi connectivity index (χ0v) is 18.7. The Balaban J connectivity index is 1.71. The summed E-state index contributed by atoms with van der Waals surface area (Å²) in [7, 11) is 0. The average Bonchev–Trinajstić information content (AvgIpc) is 3.09. The van der Waals surface area contributed by atoms with E-state index in [9.17, 15) is 4.79 Å². The van der Waals surface area contributed by atoms with E-state index in [1.165, 1.54) is 10.9 Å².